The molecule has 7 heteroatoms. The SMILES string of the molecule is COc1cc(C)c(C)cc1S(=O)(=O)N1CCc2cc3c(cc2C1)OCO3. The molecule has 2 aliphatic rings. The maximum Gasteiger partial charge on any atom is 0.247 e. The van der Waals surface area contributed by atoms with E-state index in [0.717, 1.165) is 28.0 Å². The van der Waals surface area contributed by atoms with E-state index < -0.39 is 10.0 Å². The van der Waals surface area contributed by atoms with Crippen molar-refractivity contribution < 1.29 is 22.6 Å². The van der Waals surface area contributed by atoms with Crippen LogP contribution in [0.2, 0.25) is 0 Å². The molecule has 0 radical (unpaired) electrons. The molecule has 0 saturated heterocycles. The number of rotatable bonds is 3. The Labute approximate surface area is 153 Å². The van der Waals surface area contributed by atoms with Gasteiger partial charge in [-0.2, -0.15) is 4.31 Å². The number of aryl methyl sites for hydroxylation is 2. The summed E-state index contributed by atoms with van der Waals surface area (Å²) in [5, 5.41) is 0. The van der Waals surface area contributed by atoms with Crippen LogP contribution in [0, 0.1) is 13.8 Å². The van der Waals surface area contributed by atoms with Crippen LogP contribution in [0.1, 0.15) is 22.3 Å². The Kier molecular flexibility index (Phi) is 4.08. The van der Waals surface area contributed by atoms with E-state index in [1.54, 1.807) is 12.1 Å². The lowest BCUT2D eigenvalue weighted by atomic mass is 10.0. The van der Waals surface area contributed by atoms with E-state index in [0.29, 0.717) is 31.0 Å². The molecular formula is C19H21NO5S. The lowest BCUT2D eigenvalue weighted by molar-refractivity contribution is 0.174. The van der Waals surface area contributed by atoms with Gasteiger partial charge in [-0.1, -0.05) is 0 Å². The highest BCUT2D eigenvalue weighted by Gasteiger charge is 2.32. The second-order valence-electron chi connectivity index (χ2n) is 6.65. The topological polar surface area (TPSA) is 65.1 Å². The highest BCUT2D eigenvalue weighted by Crippen LogP contribution is 2.38. The molecule has 2 aromatic carbocycles. The van der Waals surface area contributed by atoms with Crippen molar-refractivity contribution in [2.45, 2.75) is 31.7 Å². The fourth-order valence-electron chi connectivity index (χ4n) is 3.39. The lowest BCUT2D eigenvalue weighted by Crippen LogP contribution is -2.36. The Bertz CT molecular complexity index is 984. The second-order valence-corrected chi connectivity index (χ2v) is 8.56. The molecule has 0 N–H and O–H groups in total. The predicted octanol–water partition coefficient (Wildman–Crippen LogP) is 2.79. The normalized spacial score (nSPS) is 16.4. The zero-order chi connectivity index (χ0) is 18.5. The quantitative estimate of drug-likeness (QED) is 0.825. The molecule has 0 amide bonds. The molecular weight excluding hydrogens is 354 g/mol. The van der Waals surface area contributed by atoms with Gasteiger partial charge in [0.25, 0.3) is 0 Å². The maximum atomic E-state index is 13.3. The smallest absolute Gasteiger partial charge is 0.247 e. The summed E-state index contributed by atoms with van der Waals surface area (Å²) in [6.07, 6.45) is 0.637. The van der Waals surface area contributed by atoms with Gasteiger partial charge in [0, 0.05) is 13.1 Å². The molecule has 2 aromatic rings. The van der Waals surface area contributed by atoms with Crippen LogP contribution >= 0.6 is 0 Å². The average Bonchev–Trinajstić information content (AvgIpc) is 3.08. The summed E-state index contributed by atoms with van der Waals surface area (Å²) in [5.41, 5.74) is 3.97. The predicted molar refractivity (Wildman–Crippen MR) is 96.3 cm³/mol. The number of methoxy groups -OCH3 is 1. The van der Waals surface area contributed by atoms with Gasteiger partial charge < -0.3 is 14.2 Å². The van der Waals surface area contributed by atoms with Crippen molar-refractivity contribution in [3.63, 3.8) is 0 Å². The van der Waals surface area contributed by atoms with Crippen molar-refractivity contribution >= 4 is 10.0 Å². The Hall–Kier alpha value is -2.25. The molecule has 2 aliphatic heterocycles. The van der Waals surface area contributed by atoms with Gasteiger partial charge >= 0.3 is 0 Å². The minimum atomic E-state index is -3.66. The molecule has 0 aromatic heterocycles. The zero-order valence-electron chi connectivity index (χ0n) is 15.0. The van der Waals surface area contributed by atoms with Crippen LogP contribution in [0.15, 0.2) is 29.2 Å². The van der Waals surface area contributed by atoms with Crippen molar-refractivity contribution in [1.82, 2.24) is 4.31 Å². The van der Waals surface area contributed by atoms with Gasteiger partial charge in [-0.05, 0) is 66.8 Å². The molecule has 0 aliphatic carbocycles. The summed E-state index contributed by atoms with van der Waals surface area (Å²) in [6.45, 7) is 4.78. The van der Waals surface area contributed by atoms with E-state index in [9.17, 15) is 8.42 Å². The highest BCUT2D eigenvalue weighted by molar-refractivity contribution is 7.89. The van der Waals surface area contributed by atoms with Gasteiger partial charge in [0.2, 0.25) is 16.8 Å². The summed E-state index contributed by atoms with van der Waals surface area (Å²) >= 11 is 0. The standard InChI is InChI=1S/C19H21NO5S/c1-12-6-18(23-3)19(7-13(12)2)26(21,22)20-5-4-14-8-16-17(25-11-24-16)9-15(14)10-20/h6-9H,4-5,10-11H2,1-3H3. The van der Waals surface area contributed by atoms with Gasteiger partial charge in [0.15, 0.2) is 11.5 Å². The Morgan fingerprint density at radius 1 is 1.00 bits per heavy atom. The molecule has 0 fully saturated rings. The molecule has 4 rings (SSSR count). The van der Waals surface area contributed by atoms with E-state index in [1.807, 2.05) is 26.0 Å². The summed E-state index contributed by atoms with van der Waals surface area (Å²) in [6, 6.07) is 7.31. The minimum Gasteiger partial charge on any atom is -0.495 e. The lowest BCUT2D eigenvalue weighted by Gasteiger charge is -2.29. The minimum absolute atomic E-state index is 0.208. The fraction of sp³-hybridized carbons (Fsp3) is 0.368. The summed E-state index contributed by atoms with van der Waals surface area (Å²) in [4.78, 5) is 0.215. The number of ether oxygens (including phenoxy) is 3. The molecule has 0 unspecified atom stereocenters. The number of sulfonamides is 1. The highest BCUT2D eigenvalue weighted by atomic mass is 32.2. The summed E-state index contributed by atoms with van der Waals surface area (Å²) < 4.78 is 44.2. The number of nitrogens with zero attached hydrogens (tertiary/aromatic N) is 1. The monoisotopic (exact) mass is 375 g/mol. The van der Waals surface area contributed by atoms with Crippen molar-refractivity contribution in [1.29, 1.82) is 0 Å². The molecule has 138 valence electrons. The molecule has 6 nitrogen and oxygen atoms in total. The van der Waals surface area contributed by atoms with E-state index in [1.165, 1.54) is 11.4 Å². The first-order chi connectivity index (χ1) is 12.4. The largest absolute Gasteiger partial charge is 0.495 e. The van der Waals surface area contributed by atoms with Crippen molar-refractivity contribution in [2.24, 2.45) is 0 Å². The van der Waals surface area contributed by atoms with Crippen LogP contribution in [0.3, 0.4) is 0 Å². The van der Waals surface area contributed by atoms with Crippen molar-refractivity contribution in [3.05, 3.63) is 46.5 Å². The Balaban J connectivity index is 1.71. The van der Waals surface area contributed by atoms with Crippen LogP contribution in [0.25, 0.3) is 0 Å². The first kappa shape index (κ1) is 17.2. The zero-order valence-corrected chi connectivity index (χ0v) is 15.9. The van der Waals surface area contributed by atoms with Gasteiger partial charge in [-0.25, -0.2) is 8.42 Å². The molecule has 0 saturated carbocycles. The van der Waals surface area contributed by atoms with Crippen LogP contribution in [-0.2, 0) is 23.0 Å². The Morgan fingerprint density at radius 2 is 1.65 bits per heavy atom. The third-order valence-electron chi connectivity index (χ3n) is 5.07. The van der Waals surface area contributed by atoms with Gasteiger partial charge in [0.05, 0.1) is 7.11 Å². The second kappa shape index (κ2) is 6.17. The number of hydrogen-bond acceptors (Lipinski definition) is 5. The van der Waals surface area contributed by atoms with Crippen LogP contribution in [-0.4, -0.2) is 33.2 Å². The maximum absolute atomic E-state index is 13.3. The molecule has 26 heavy (non-hydrogen) atoms. The van der Waals surface area contributed by atoms with E-state index >= 15 is 0 Å². The number of benzene rings is 2. The van der Waals surface area contributed by atoms with Crippen LogP contribution < -0.4 is 14.2 Å². The first-order valence-corrected chi connectivity index (χ1v) is 9.91. The van der Waals surface area contributed by atoms with Crippen molar-refractivity contribution in [3.8, 4) is 17.2 Å². The molecule has 2 heterocycles. The van der Waals surface area contributed by atoms with Crippen LogP contribution in [0.4, 0.5) is 0 Å². The number of hydrogen-bond donors (Lipinski definition) is 0. The van der Waals surface area contributed by atoms with E-state index in [2.05, 4.69) is 0 Å². The summed E-state index contributed by atoms with van der Waals surface area (Å²) in [5.74, 6) is 1.78. The molecule has 0 bridgehead atoms. The van der Waals surface area contributed by atoms with Gasteiger partial charge in [0.1, 0.15) is 10.6 Å². The van der Waals surface area contributed by atoms with E-state index in [4.69, 9.17) is 14.2 Å². The fourth-order valence-corrected chi connectivity index (χ4v) is 5.03. The Morgan fingerprint density at radius 3 is 2.35 bits per heavy atom. The first-order valence-electron chi connectivity index (χ1n) is 8.47. The van der Waals surface area contributed by atoms with Crippen LogP contribution in [0.5, 0.6) is 17.2 Å². The average molecular weight is 375 g/mol. The molecule has 0 spiro atoms. The van der Waals surface area contributed by atoms with E-state index in [-0.39, 0.29) is 11.7 Å². The third kappa shape index (κ3) is 2.71. The number of fused-ring (bicyclic) bond motifs is 2. The van der Waals surface area contributed by atoms with Gasteiger partial charge in [-0.3, -0.25) is 0 Å². The summed E-state index contributed by atoms with van der Waals surface area (Å²) in [7, 11) is -2.17. The van der Waals surface area contributed by atoms with Gasteiger partial charge in [-0.15, -0.1) is 0 Å². The third-order valence-corrected chi connectivity index (χ3v) is 6.94. The molecule has 0 atom stereocenters. The van der Waals surface area contributed by atoms with Crippen molar-refractivity contribution in [2.75, 3.05) is 20.4 Å².